The maximum Gasteiger partial charge on any atom is 0.168 e. The second-order valence-corrected chi connectivity index (χ2v) is 9.48. The van der Waals surface area contributed by atoms with E-state index in [1.54, 1.807) is 31.5 Å². The molecule has 0 radical (unpaired) electrons. The Kier molecular flexibility index (Phi) is 8.28. The van der Waals surface area contributed by atoms with Gasteiger partial charge in [-0.2, -0.15) is 5.10 Å². The van der Waals surface area contributed by atoms with Crippen LogP contribution in [0, 0.1) is 5.82 Å². The molecule has 1 aromatic carbocycles. The van der Waals surface area contributed by atoms with Crippen LogP contribution >= 0.6 is 0 Å². The molecule has 1 aliphatic rings. The minimum atomic E-state index is -0.458. The lowest BCUT2D eigenvalue weighted by molar-refractivity contribution is 0.189. The number of rotatable bonds is 10. The Morgan fingerprint density at radius 1 is 1.15 bits per heavy atom. The second-order valence-electron chi connectivity index (χ2n) is 9.48. The largest absolute Gasteiger partial charge is 0.496 e. The van der Waals surface area contributed by atoms with E-state index in [1.165, 1.54) is 13.2 Å². The molecule has 0 saturated carbocycles. The van der Waals surface area contributed by atoms with Gasteiger partial charge in [0.1, 0.15) is 23.2 Å². The maximum atomic E-state index is 14.6. The van der Waals surface area contributed by atoms with E-state index in [9.17, 15) is 4.39 Å². The molecule has 0 spiro atoms. The molecule has 0 aliphatic carbocycles. The van der Waals surface area contributed by atoms with E-state index in [4.69, 9.17) is 15.2 Å². The van der Waals surface area contributed by atoms with Crippen LogP contribution in [0.4, 0.5) is 21.7 Å². The van der Waals surface area contributed by atoms with Crippen molar-refractivity contribution in [2.45, 2.75) is 31.8 Å². The molecule has 0 amide bonds. The number of hydrogen-bond donors (Lipinski definition) is 2. The summed E-state index contributed by atoms with van der Waals surface area (Å²) in [5.74, 6) is 1.21. The van der Waals surface area contributed by atoms with Gasteiger partial charge in [-0.25, -0.2) is 19.3 Å². The Bertz CT molecular complexity index is 1410. The predicted molar refractivity (Wildman–Crippen MR) is 149 cm³/mol. The molecule has 0 unspecified atom stereocenters. The minimum absolute atomic E-state index is 0.105. The molecule has 11 heteroatoms. The second kappa shape index (κ2) is 12.2. The molecule has 204 valence electrons. The Hall–Kier alpha value is -4.09. The molecular weight excluding hydrogens is 499 g/mol. The smallest absolute Gasteiger partial charge is 0.168 e. The zero-order chi connectivity index (χ0) is 27.2. The van der Waals surface area contributed by atoms with E-state index < -0.39 is 5.82 Å². The van der Waals surface area contributed by atoms with Gasteiger partial charge in [-0.1, -0.05) is 6.07 Å². The van der Waals surface area contributed by atoms with Gasteiger partial charge in [0.2, 0.25) is 0 Å². The van der Waals surface area contributed by atoms with Crippen molar-refractivity contribution in [3.8, 4) is 28.3 Å². The summed E-state index contributed by atoms with van der Waals surface area (Å²) in [5, 5.41) is 7.79. The van der Waals surface area contributed by atoms with E-state index in [2.05, 4.69) is 30.3 Å². The van der Waals surface area contributed by atoms with Gasteiger partial charge in [-0.05, 0) is 37.5 Å². The van der Waals surface area contributed by atoms with Crippen LogP contribution in [-0.2, 0) is 11.3 Å². The third kappa shape index (κ3) is 6.15. The number of anilines is 3. The summed E-state index contributed by atoms with van der Waals surface area (Å²) >= 11 is 0. The van der Waals surface area contributed by atoms with Crippen molar-refractivity contribution in [2.75, 3.05) is 44.1 Å². The van der Waals surface area contributed by atoms with Gasteiger partial charge in [0.25, 0.3) is 0 Å². The Labute approximate surface area is 227 Å². The summed E-state index contributed by atoms with van der Waals surface area (Å²) in [6.45, 7) is 3.11. The highest BCUT2D eigenvalue weighted by molar-refractivity contribution is 5.80. The fourth-order valence-electron chi connectivity index (χ4n) is 4.79. The highest BCUT2D eigenvalue weighted by Gasteiger charge is 2.22. The number of aryl methyl sites for hydroxylation is 1. The number of nitrogens with one attached hydrogen (secondary N) is 1. The summed E-state index contributed by atoms with van der Waals surface area (Å²) in [6, 6.07) is 8.44. The standard InChI is InChI=1S/C28H33FN8O2/c1-38-13-5-12-37-17-19(15-33-37)21-16-32-26(14-23(21)36-11-4-6-20(30)18-36)34-25-9-10-31-28(35-25)27-22(29)7-3-8-24(27)39-2/h3,7-10,14-17,20H,4-6,11-13,18,30H2,1-2H3,(H,31,32,34,35)/t20-/m0/s1. The average molecular weight is 533 g/mol. The van der Waals surface area contributed by atoms with Crippen LogP contribution in [-0.4, -0.2) is 64.7 Å². The van der Waals surface area contributed by atoms with E-state index in [0.717, 1.165) is 55.7 Å². The van der Waals surface area contributed by atoms with E-state index in [0.29, 0.717) is 24.0 Å². The van der Waals surface area contributed by atoms with Crippen LogP contribution in [0.15, 0.2) is 55.1 Å². The van der Waals surface area contributed by atoms with E-state index >= 15 is 0 Å². The highest BCUT2D eigenvalue weighted by atomic mass is 19.1. The molecule has 1 fully saturated rings. The molecule has 4 heterocycles. The van der Waals surface area contributed by atoms with Crippen LogP contribution < -0.4 is 20.7 Å². The zero-order valence-electron chi connectivity index (χ0n) is 22.2. The summed E-state index contributed by atoms with van der Waals surface area (Å²) in [7, 11) is 3.19. The number of hydrogen-bond acceptors (Lipinski definition) is 9. The van der Waals surface area contributed by atoms with Crippen molar-refractivity contribution in [1.29, 1.82) is 0 Å². The van der Waals surface area contributed by atoms with Gasteiger partial charge < -0.3 is 25.4 Å². The number of benzene rings is 1. The van der Waals surface area contributed by atoms with Crippen LogP contribution in [0.2, 0.25) is 0 Å². The third-order valence-electron chi connectivity index (χ3n) is 6.69. The van der Waals surface area contributed by atoms with E-state index in [1.807, 2.05) is 29.3 Å². The van der Waals surface area contributed by atoms with Gasteiger partial charge in [0.15, 0.2) is 5.82 Å². The van der Waals surface area contributed by atoms with Gasteiger partial charge in [0, 0.05) is 80.9 Å². The SMILES string of the molecule is COCCCn1cc(-c2cnc(Nc3ccnc(-c4c(F)cccc4OC)n3)cc2N2CCC[C@H](N)C2)cn1. The molecular formula is C28H33FN8O2. The van der Waals surface area contributed by atoms with Gasteiger partial charge >= 0.3 is 0 Å². The molecule has 4 aromatic rings. The Balaban J connectivity index is 1.45. The Morgan fingerprint density at radius 3 is 2.87 bits per heavy atom. The average Bonchev–Trinajstić information content (AvgIpc) is 3.42. The molecule has 39 heavy (non-hydrogen) atoms. The molecule has 5 rings (SSSR count). The van der Waals surface area contributed by atoms with E-state index in [-0.39, 0.29) is 17.4 Å². The molecule has 1 saturated heterocycles. The lowest BCUT2D eigenvalue weighted by Crippen LogP contribution is -2.43. The summed E-state index contributed by atoms with van der Waals surface area (Å²) in [6.07, 6.45) is 10.2. The zero-order valence-corrected chi connectivity index (χ0v) is 22.2. The first-order valence-corrected chi connectivity index (χ1v) is 13.0. The fraction of sp³-hybridized carbons (Fsp3) is 0.357. The molecule has 0 bridgehead atoms. The van der Waals surface area contributed by atoms with Gasteiger partial charge in [0.05, 0.1) is 18.9 Å². The van der Waals surface area contributed by atoms with Crippen molar-refractivity contribution in [2.24, 2.45) is 5.73 Å². The topological polar surface area (TPSA) is 116 Å². The lowest BCUT2D eigenvalue weighted by Gasteiger charge is -2.34. The number of nitrogens with two attached hydrogens (primary N) is 1. The van der Waals surface area contributed by atoms with Crippen LogP contribution in [0.3, 0.4) is 0 Å². The van der Waals surface area contributed by atoms with Crippen molar-refractivity contribution < 1.29 is 13.9 Å². The number of nitrogens with zero attached hydrogens (tertiary/aromatic N) is 6. The molecule has 1 aliphatic heterocycles. The van der Waals surface area contributed by atoms with Gasteiger partial charge in [-0.3, -0.25) is 4.68 Å². The van der Waals surface area contributed by atoms with Gasteiger partial charge in [-0.15, -0.1) is 0 Å². The molecule has 10 nitrogen and oxygen atoms in total. The number of aromatic nitrogens is 5. The normalized spacial score (nSPS) is 15.4. The lowest BCUT2D eigenvalue weighted by atomic mass is 10.0. The fourth-order valence-corrected chi connectivity index (χ4v) is 4.79. The first-order chi connectivity index (χ1) is 19.1. The molecule has 1 atom stereocenters. The number of piperidine rings is 1. The number of pyridine rings is 1. The van der Waals surface area contributed by atoms with Crippen LogP contribution in [0.25, 0.3) is 22.5 Å². The highest BCUT2D eigenvalue weighted by Crippen LogP contribution is 2.35. The summed E-state index contributed by atoms with van der Waals surface area (Å²) in [5.41, 5.74) is 9.52. The number of methoxy groups -OCH3 is 2. The maximum absolute atomic E-state index is 14.6. The molecule has 3 N–H and O–H groups in total. The third-order valence-corrected chi connectivity index (χ3v) is 6.69. The summed E-state index contributed by atoms with van der Waals surface area (Å²) in [4.78, 5) is 15.8. The number of ether oxygens (including phenoxy) is 2. The first kappa shape index (κ1) is 26.5. The Morgan fingerprint density at radius 2 is 2.05 bits per heavy atom. The molecule has 3 aromatic heterocycles. The van der Waals surface area contributed by atoms with Crippen molar-refractivity contribution in [3.63, 3.8) is 0 Å². The quantitative estimate of drug-likeness (QED) is 0.289. The van der Waals surface area contributed by atoms with Crippen molar-refractivity contribution in [3.05, 3.63) is 60.9 Å². The summed E-state index contributed by atoms with van der Waals surface area (Å²) < 4.78 is 27.1. The van der Waals surface area contributed by atoms with Crippen LogP contribution in [0.1, 0.15) is 19.3 Å². The van der Waals surface area contributed by atoms with Crippen molar-refractivity contribution >= 4 is 17.3 Å². The predicted octanol–water partition coefficient (Wildman–Crippen LogP) is 4.26. The van der Waals surface area contributed by atoms with Crippen molar-refractivity contribution in [1.82, 2.24) is 24.7 Å². The first-order valence-electron chi connectivity index (χ1n) is 13.0. The number of halogens is 1. The monoisotopic (exact) mass is 532 g/mol. The van der Waals surface area contributed by atoms with Crippen LogP contribution in [0.5, 0.6) is 5.75 Å². The minimum Gasteiger partial charge on any atom is -0.496 e.